The van der Waals surface area contributed by atoms with Crippen molar-refractivity contribution in [3.8, 4) is 0 Å². The van der Waals surface area contributed by atoms with Crippen LogP contribution in [0.15, 0.2) is 29.6 Å². The van der Waals surface area contributed by atoms with Gasteiger partial charge in [0.05, 0.1) is 5.92 Å². The first-order chi connectivity index (χ1) is 8.27. The molecule has 17 heavy (non-hydrogen) atoms. The quantitative estimate of drug-likeness (QED) is 0.856. The highest BCUT2D eigenvalue weighted by atomic mass is 32.1. The van der Waals surface area contributed by atoms with Gasteiger partial charge in [0, 0.05) is 23.7 Å². The molecule has 1 aromatic carbocycles. The van der Waals surface area contributed by atoms with Gasteiger partial charge in [0.2, 0.25) is 0 Å². The van der Waals surface area contributed by atoms with Crippen molar-refractivity contribution in [2.45, 2.75) is 5.92 Å². The van der Waals surface area contributed by atoms with Crippen LogP contribution in [0.25, 0.3) is 10.1 Å². The van der Waals surface area contributed by atoms with Gasteiger partial charge in [0.15, 0.2) is 0 Å². The molecule has 2 heterocycles. The van der Waals surface area contributed by atoms with E-state index in [4.69, 9.17) is 0 Å². The Bertz CT molecular complexity index is 563. The predicted octanol–water partition coefficient (Wildman–Crippen LogP) is 2.29. The maximum absolute atomic E-state index is 11.2. The van der Waals surface area contributed by atoms with Gasteiger partial charge in [-0.1, -0.05) is 18.2 Å². The molecule has 2 atom stereocenters. The predicted molar refractivity (Wildman–Crippen MR) is 68.6 cm³/mol. The van der Waals surface area contributed by atoms with Crippen molar-refractivity contribution in [3.05, 3.63) is 35.2 Å². The van der Waals surface area contributed by atoms with Gasteiger partial charge in [-0.05, 0) is 22.4 Å². The van der Waals surface area contributed by atoms with Crippen molar-refractivity contribution in [2.24, 2.45) is 5.92 Å². The largest absolute Gasteiger partial charge is 0.481 e. The number of carbonyl (C=O) groups is 1. The van der Waals surface area contributed by atoms with Crippen molar-refractivity contribution in [1.82, 2.24) is 5.32 Å². The normalized spacial score (nSPS) is 24.2. The molecule has 0 radical (unpaired) electrons. The highest BCUT2D eigenvalue weighted by molar-refractivity contribution is 7.17. The Kier molecular flexibility index (Phi) is 2.61. The molecule has 1 aliphatic heterocycles. The molecule has 0 aliphatic carbocycles. The highest BCUT2D eigenvalue weighted by Gasteiger charge is 2.34. The SMILES string of the molecule is O=C(O)C1CNCC1c1cccc2ccsc12. The Morgan fingerprint density at radius 2 is 2.24 bits per heavy atom. The zero-order chi connectivity index (χ0) is 11.8. The van der Waals surface area contributed by atoms with Crippen LogP contribution in [0, 0.1) is 5.92 Å². The van der Waals surface area contributed by atoms with Gasteiger partial charge in [-0.25, -0.2) is 0 Å². The molecular formula is C13H13NO2S. The zero-order valence-corrected chi connectivity index (χ0v) is 10.0. The average Bonchev–Trinajstić information content (AvgIpc) is 2.97. The van der Waals surface area contributed by atoms with Crippen molar-refractivity contribution < 1.29 is 9.90 Å². The van der Waals surface area contributed by atoms with Gasteiger partial charge >= 0.3 is 5.97 Å². The molecular weight excluding hydrogens is 234 g/mol. The summed E-state index contributed by atoms with van der Waals surface area (Å²) in [7, 11) is 0. The Balaban J connectivity index is 2.08. The van der Waals surface area contributed by atoms with E-state index in [1.54, 1.807) is 11.3 Å². The third kappa shape index (κ3) is 1.73. The van der Waals surface area contributed by atoms with Crippen molar-refractivity contribution in [1.29, 1.82) is 0 Å². The van der Waals surface area contributed by atoms with Crippen LogP contribution in [-0.4, -0.2) is 24.2 Å². The molecule has 2 unspecified atom stereocenters. The third-order valence-corrected chi connectivity index (χ3v) is 4.42. The Hall–Kier alpha value is -1.39. The fourth-order valence-corrected chi connectivity index (χ4v) is 3.55. The van der Waals surface area contributed by atoms with Gasteiger partial charge in [-0.3, -0.25) is 4.79 Å². The second-order valence-electron chi connectivity index (χ2n) is 4.40. The maximum atomic E-state index is 11.2. The van der Waals surface area contributed by atoms with Crippen LogP contribution in [0.1, 0.15) is 11.5 Å². The number of aliphatic carboxylic acids is 1. The average molecular weight is 247 g/mol. The number of carboxylic acid groups (broad SMARTS) is 1. The molecule has 4 heteroatoms. The molecule has 1 fully saturated rings. The highest BCUT2D eigenvalue weighted by Crippen LogP contribution is 2.35. The first kappa shape index (κ1) is 10.7. The lowest BCUT2D eigenvalue weighted by atomic mass is 9.88. The topological polar surface area (TPSA) is 49.3 Å². The summed E-state index contributed by atoms with van der Waals surface area (Å²) in [6.45, 7) is 1.33. The molecule has 88 valence electrons. The van der Waals surface area contributed by atoms with E-state index in [0.29, 0.717) is 6.54 Å². The number of fused-ring (bicyclic) bond motifs is 1. The van der Waals surface area contributed by atoms with E-state index < -0.39 is 5.97 Å². The molecule has 1 aromatic heterocycles. The summed E-state index contributed by atoms with van der Waals surface area (Å²) >= 11 is 1.69. The minimum absolute atomic E-state index is 0.0925. The first-order valence-corrected chi connectivity index (χ1v) is 6.55. The summed E-state index contributed by atoms with van der Waals surface area (Å²) in [6.07, 6.45) is 0. The number of benzene rings is 1. The fourth-order valence-electron chi connectivity index (χ4n) is 2.57. The summed E-state index contributed by atoms with van der Waals surface area (Å²) in [5.41, 5.74) is 1.18. The second-order valence-corrected chi connectivity index (χ2v) is 5.31. The lowest BCUT2D eigenvalue weighted by Gasteiger charge is -2.15. The van der Waals surface area contributed by atoms with Crippen molar-refractivity contribution in [2.75, 3.05) is 13.1 Å². The van der Waals surface area contributed by atoms with E-state index in [2.05, 4.69) is 28.9 Å². The van der Waals surface area contributed by atoms with Gasteiger partial charge in [-0.15, -0.1) is 11.3 Å². The van der Waals surface area contributed by atoms with Crippen molar-refractivity contribution in [3.63, 3.8) is 0 Å². The minimum Gasteiger partial charge on any atom is -0.481 e. The number of carboxylic acids is 1. The second kappa shape index (κ2) is 4.13. The maximum Gasteiger partial charge on any atom is 0.308 e. The van der Waals surface area contributed by atoms with Crippen LogP contribution in [0.3, 0.4) is 0 Å². The van der Waals surface area contributed by atoms with Gasteiger partial charge in [0.1, 0.15) is 0 Å². The van der Waals surface area contributed by atoms with Crippen molar-refractivity contribution >= 4 is 27.4 Å². The lowest BCUT2D eigenvalue weighted by molar-refractivity contribution is -0.141. The molecule has 3 nitrogen and oxygen atoms in total. The molecule has 1 saturated heterocycles. The van der Waals surface area contributed by atoms with E-state index in [0.717, 1.165) is 6.54 Å². The van der Waals surface area contributed by atoms with E-state index in [9.17, 15) is 9.90 Å². The monoisotopic (exact) mass is 247 g/mol. The minimum atomic E-state index is -0.700. The van der Waals surface area contributed by atoms with Gasteiger partial charge in [0.25, 0.3) is 0 Å². The van der Waals surface area contributed by atoms with E-state index in [1.165, 1.54) is 15.6 Å². The molecule has 2 N–H and O–H groups in total. The number of hydrogen-bond donors (Lipinski definition) is 2. The summed E-state index contributed by atoms with van der Waals surface area (Å²) in [5, 5.41) is 15.7. The number of nitrogens with one attached hydrogen (secondary N) is 1. The fraction of sp³-hybridized carbons (Fsp3) is 0.308. The van der Waals surface area contributed by atoms with E-state index in [-0.39, 0.29) is 11.8 Å². The first-order valence-electron chi connectivity index (χ1n) is 5.67. The standard InChI is InChI=1S/C13H13NO2S/c15-13(16)11-7-14-6-10(11)9-3-1-2-8-4-5-17-12(8)9/h1-5,10-11,14H,6-7H2,(H,15,16). The van der Waals surface area contributed by atoms with Gasteiger partial charge in [-0.2, -0.15) is 0 Å². The summed E-state index contributed by atoms with van der Waals surface area (Å²) in [6, 6.07) is 8.24. The summed E-state index contributed by atoms with van der Waals surface area (Å²) < 4.78 is 1.23. The molecule has 0 amide bonds. The Morgan fingerprint density at radius 1 is 1.35 bits per heavy atom. The molecule has 3 rings (SSSR count). The lowest BCUT2D eigenvalue weighted by Crippen LogP contribution is -2.21. The number of thiophene rings is 1. The molecule has 0 spiro atoms. The van der Waals surface area contributed by atoms with E-state index >= 15 is 0 Å². The summed E-state index contributed by atoms with van der Waals surface area (Å²) in [5.74, 6) is -0.911. The van der Waals surface area contributed by atoms with Crippen LogP contribution in [0.5, 0.6) is 0 Å². The molecule has 2 aromatic rings. The van der Waals surface area contributed by atoms with Crippen LogP contribution in [0.4, 0.5) is 0 Å². The number of rotatable bonds is 2. The Morgan fingerprint density at radius 3 is 3.06 bits per heavy atom. The summed E-state index contributed by atoms with van der Waals surface area (Å²) in [4.78, 5) is 11.2. The molecule has 0 bridgehead atoms. The molecule has 1 aliphatic rings. The third-order valence-electron chi connectivity index (χ3n) is 3.44. The van der Waals surface area contributed by atoms with Gasteiger partial charge < -0.3 is 10.4 Å². The van der Waals surface area contributed by atoms with Crippen LogP contribution < -0.4 is 5.32 Å². The zero-order valence-electron chi connectivity index (χ0n) is 9.22. The molecule has 0 saturated carbocycles. The number of hydrogen-bond acceptors (Lipinski definition) is 3. The Labute approximate surface area is 103 Å². The van der Waals surface area contributed by atoms with Crippen LogP contribution in [-0.2, 0) is 4.79 Å². The van der Waals surface area contributed by atoms with E-state index in [1.807, 2.05) is 6.07 Å². The van der Waals surface area contributed by atoms with Crippen LogP contribution in [0.2, 0.25) is 0 Å². The smallest absolute Gasteiger partial charge is 0.308 e. The van der Waals surface area contributed by atoms with Crippen LogP contribution >= 0.6 is 11.3 Å².